The van der Waals surface area contributed by atoms with Crippen LogP contribution in [-0.4, -0.2) is 19.1 Å². The predicted octanol–water partition coefficient (Wildman–Crippen LogP) is 4.42. The van der Waals surface area contributed by atoms with Crippen molar-refractivity contribution in [2.75, 3.05) is 13.2 Å². The number of halogens is 3. The molecule has 1 N–H and O–H groups in total. The van der Waals surface area contributed by atoms with Gasteiger partial charge in [0, 0.05) is 5.41 Å². The molecule has 0 saturated heterocycles. The second kappa shape index (κ2) is 7.35. The Bertz CT molecular complexity index is 771. The highest BCUT2D eigenvalue weighted by Gasteiger charge is 2.54. The number of alkyl halides is 3. The molecule has 150 valence electrons. The number of hydrogen-bond acceptors (Lipinski definition) is 2. The lowest BCUT2D eigenvalue weighted by molar-refractivity contribution is -0.146. The molecule has 0 aliphatic heterocycles. The van der Waals surface area contributed by atoms with Crippen LogP contribution < -0.4 is 10.1 Å². The minimum absolute atomic E-state index is 0.0193. The van der Waals surface area contributed by atoms with E-state index in [9.17, 15) is 18.0 Å². The van der Waals surface area contributed by atoms with E-state index in [1.165, 1.54) is 31.4 Å². The van der Waals surface area contributed by atoms with Crippen LogP contribution >= 0.6 is 0 Å². The summed E-state index contributed by atoms with van der Waals surface area (Å²) in [5, 5.41) is 2.95. The Morgan fingerprint density at radius 1 is 1.11 bits per heavy atom. The third-order valence-corrected chi connectivity index (χ3v) is 6.45. The summed E-state index contributed by atoms with van der Waals surface area (Å²) in [5.41, 5.74) is -0.939. The molecular weight excluding hydrogens is 367 g/mol. The van der Waals surface area contributed by atoms with Gasteiger partial charge in [0.05, 0.1) is 12.1 Å². The number of carbonyl (C=O) groups excluding carboxylic acids is 1. The fourth-order valence-electron chi connectivity index (χ4n) is 5.70. The summed E-state index contributed by atoms with van der Waals surface area (Å²) < 4.78 is 43.3. The van der Waals surface area contributed by atoms with Crippen LogP contribution in [0.4, 0.5) is 13.2 Å². The molecule has 6 heteroatoms. The number of nitrogens with one attached hydrogen (secondary N) is 1. The maximum absolute atomic E-state index is 12.8. The molecule has 4 saturated carbocycles. The summed E-state index contributed by atoms with van der Waals surface area (Å²) in [6.07, 6.45) is 2.51. The molecule has 0 atom stereocenters. The summed E-state index contributed by atoms with van der Waals surface area (Å²) >= 11 is 0. The smallest absolute Gasteiger partial charge is 0.416 e. The monoisotopic (exact) mass is 391 g/mol. The fourth-order valence-corrected chi connectivity index (χ4v) is 5.70. The molecule has 4 fully saturated rings. The number of carbonyl (C=O) groups is 1. The molecule has 4 aliphatic rings. The van der Waals surface area contributed by atoms with Crippen molar-refractivity contribution < 1.29 is 22.7 Å². The lowest BCUT2D eigenvalue weighted by Crippen LogP contribution is -2.53. The van der Waals surface area contributed by atoms with Crippen LogP contribution in [0.25, 0.3) is 0 Å². The van der Waals surface area contributed by atoms with Gasteiger partial charge < -0.3 is 10.1 Å². The lowest BCUT2D eigenvalue weighted by atomic mass is 9.49. The highest BCUT2D eigenvalue weighted by Crippen LogP contribution is 2.60. The predicted molar refractivity (Wildman–Crippen MR) is 98.3 cm³/mol. The Hall–Kier alpha value is -2.16. The second-order valence-corrected chi connectivity index (χ2v) is 8.55. The van der Waals surface area contributed by atoms with E-state index in [1.54, 1.807) is 0 Å². The van der Waals surface area contributed by atoms with Crippen LogP contribution in [0, 0.1) is 35.0 Å². The molecule has 5 rings (SSSR count). The minimum Gasteiger partial charge on any atom is -0.481 e. The maximum Gasteiger partial charge on any atom is 0.416 e. The molecule has 28 heavy (non-hydrogen) atoms. The molecule has 0 unspecified atom stereocenters. The van der Waals surface area contributed by atoms with Gasteiger partial charge >= 0.3 is 6.18 Å². The molecule has 3 nitrogen and oxygen atoms in total. The number of ether oxygens (including phenoxy) is 1. The van der Waals surface area contributed by atoms with E-state index in [0.717, 1.165) is 31.4 Å². The first kappa shape index (κ1) is 19.2. The maximum atomic E-state index is 12.8. The zero-order chi connectivity index (χ0) is 19.8. The summed E-state index contributed by atoms with van der Waals surface area (Å²) in [4.78, 5) is 12.8. The molecule has 0 heterocycles. The van der Waals surface area contributed by atoms with Gasteiger partial charge in [-0.2, -0.15) is 13.2 Å². The molecule has 1 aromatic carbocycles. The van der Waals surface area contributed by atoms with Gasteiger partial charge in [-0.1, -0.05) is 17.9 Å². The minimum atomic E-state index is -4.40. The van der Waals surface area contributed by atoms with Gasteiger partial charge in [-0.3, -0.25) is 4.79 Å². The van der Waals surface area contributed by atoms with Gasteiger partial charge in [0.25, 0.3) is 0 Å². The first-order valence-electron chi connectivity index (χ1n) is 9.88. The van der Waals surface area contributed by atoms with E-state index < -0.39 is 11.7 Å². The van der Waals surface area contributed by atoms with Crippen LogP contribution in [0.2, 0.25) is 0 Å². The summed E-state index contributed by atoms with van der Waals surface area (Å²) in [5.74, 6) is 7.97. The molecular formula is C22H24F3NO2. The van der Waals surface area contributed by atoms with Crippen molar-refractivity contribution in [1.82, 2.24) is 5.32 Å². The van der Waals surface area contributed by atoms with Crippen molar-refractivity contribution >= 4 is 5.91 Å². The van der Waals surface area contributed by atoms with Crippen LogP contribution in [0.5, 0.6) is 5.75 Å². The quantitative estimate of drug-likeness (QED) is 0.772. The van der Waals surface area contributed by atoms with Crippen molar-refractivity contribution in [1.29, 1.82) is 0 Å². The molecule has 0 radical (unpaired) electrons. The van der Waals surface area contributed by atoms with E-state index in [0.29, 0.717) is 17.8 Å². The fraction of sp³-hybridized carbons (Fsp3) is 0.591. The summed E-state index contributed by atoms with van der Waals surface area (Å²) in [7, 11) is 0. The summed E-state index contributed by atoms with van der Waals surface area (Å²) in [6, 6.07) is 4.72. The Morgan fingerprint density at radius 3 is 2.36 bits per heavy atom. The van der Waals surface area contributed by atoms with E-state index in [4.69, 9.17) is 4.74 Å². The Balaban J connectivity index is 1.24. The number of benzene rings is 1. The van der Waals surface area contributed by atoms with Gasteiger partial charge in [-0.05, 0) is 74.5 Å². The Kier molecular flexibility index (Phi) is 5.03. The topological polar surface area (TPSA) is 38.3 Å². The highest BCUT2D eigenvalue weighted by molar-refractivity contribution is 5.83. The van der Waals surface area contributed by atoms with Crippen LogP contribution in [0.3, 0.4) is 0 Å². The largest absolute Gasteiger partial charge is 0.481 e. The molecule has 1 aromatic rings. The average molecular weight is 391 g/mol. The molecule has 1 amide bonds. The number of hydrogen-bond donors (Lipinski definition) is 1. The van der Waals surface area contributed by atoms with Gasteiger partial charge in [-0.25, -0.2) is 0 Å². The molecule has 4 aliphatic carbocycles. The third-order valence-electron chi connectivity index (χ3n) is 6.45. The van der Waals surface area contributed by atoms with Crippen molar-refractivity contribution in [3.8, 4) is 17.6 Å². The normalized spacial score (nSPS) is 30.5. The van der Waals surface area contributed by atoms with Crippen molar-refractivity contribution in [3.63, 3.8) is 0 Å². The standard InChI is InChI=1S/C22H24F3NO2/c23-22(24,25)18-4-3-5-19(11-18)28-7-2-1-6-26-20(27)21-12-15-8-16(13-21)10-17(9-15)14-21/h3-5,11,15-17H,6-10,12-14H2,(H,26,27). The van der Waals surface area contributed by atoms with Crippen LogP contribution in [0.1, 0.15) is 44.1 Å². The van der Waals surface area contributed by atoms with Gasteiger partial charge in [0.2, 0.25) is 5.91 Å². The second-order valence-electron chi connectivity index (χ2n) is 8.55. The first-order chi connectivity index (χ1) is 13.3. The van der Waals surface area contributed by atoms with E-state index in [2.05, 4.69) is 17.2 Å². The van der Waals surface area contributed by atoms with Gasteiger partial charge in [-0.15, -0.1) is 0 Å². The zero-order valence-electron chi connectivity index (χ0n) is 15.6. The molecule has 4 bridgehead atoms. The zero-order valence-corrected chi connectivity index (χ0v) is 15.6. The van der Waals surface area contributed by atoms with Crippen molar-refractivity contribution in [2.24, 2.45) is 23.2 Å². The van der Waals surface area contributed by atoms with E-state index >= 15 is 0 Å². The van der Waals surface area contributed by atoms with Crippen molar-refractivity contribution in [2.45, 2.75) is 44.7 Å². The third kappa shape index (κ3) is 3.99. The highest BCUT2D eigenvalue weighted by atomic mass is 19.4. The number of rotatable bonds is 4. The number of amides is 1. The van der Waals surface area contributed by atoms with Gasteiger partial charge in [0.15, 0.2) is 0 Å². The van der Waals surface area contributed by atoms with E-state index in [1.807, 2.05) is 0 Å². The van der Waals surface area contributed by atoms with Crippen LogP contribution in [-0.2, 0) is 11.0 Å². The Morgan fingerprint density at radius 2 is 1.75 bits per heavy atom. The average Bonchev–Trinajstić information content (AvgIpc) is 2.63. The first-order valence-corrected chi connectivity index (χ1v) is 9.88. The van der Waals surface area contributed by atoms with E-state index in [-0.39, 0.29) is 30.2 Å². The molecule has 0 aromatic heterocycles. The molecule has 0 spiro atoms. The van der Waals surface area contributed by atoms with Gasteiger partial charge in [0.1, 0.15) is 12.4 Å². The summed E-state index contributed by atoms with van der Waals surface area (Å²) in [6.45, 7) is 0.223. The Labute approximate surface area is 163 Å². The van der Waals surface area contributed by atoms with Crippen LogP contribution in [0.15, 0.2) is 24.3 Å². The SMILES string of the molecule is O=C(NCC#CCOc1cccc(C(F)(F)F)c1)C12CC3CC(CC(C3)C1)C2. The van der Waals surface area contributed by atoms with Crippen molar-refractivity contribution in [3.05, 3.63) is 29.8 Å². The lowest BCUT2D eigenvalue weighted by Gasteiger charge is -2.55.